The van der Waals surface area contributed by atoms with Crippen LogP contribution in [0.3, 0.4) is 0 Å². The van der Waals surface area contributed by atoms with Crippen LogP contribution in [0.1, 0.15) is 25.7 Å². The van der Waals surface area contributed by atoms with Gasteiger partial charge in [0.05, 0.1) is 9.82 Å². The molecule has 1 aromatic rings. The van der Waals surface area contributed by atoms with Crippen molar-refractivity contribution in [2.45, 2.75) is 30.6 Å². The molecule has 28 heavy (non-hydrogen) atoms. The fraction of sp³-hybridized carbons (Fsp3) is 0.588. The minimum absolute atomic E-state index is 0. The third-order valence-electron chi connectivity index (χ3n) is 5.50. The molecule has 2 aliphatic rings. The minimum atomic E-state index is -3.80. The first-order chi connectivity index (χ1) is 12.8. The fourth-order valence-electron chi connectivity index (χ4n) is 3.73. The van der Waals surface area contributed by atoms with E-state index in [1.54, 1.807) is 0 Å². The molecule has 0 aliphatic carbocycles. The van der Waals surface area contributed by atoms with Crippen molar-refractivity contribution in [3.63, 3.8) is 0 Å². The molecule has 11 heteroatoms. The van der Waals surface area contributed by atoms with E-state index >= 15 is 0 Å². The zero-order valence-electron chi connectivity index (χ0n) is 15.4. The van der Waals surface area contributed by atoms with E-state index in [1.807, 2.05) is 4.90 Å². The summed E-state index contributed by atoms with van der Waals surface area (Å²) in [6, 6.07) is 4.65. The Morgan fingerprint density at radius 2 is 1.86 bits per heavy atom. The Kier molecular flexibility index (Phi) is 7.38. The van der Waals surface area contributed by atoms with Gasteiger partial charge in [0, 0.05) is 44.7 Å². The monoisotopic (exact) mass is 432 g/mol. The second-order valence-corrected chi connectivity index (χ2v) is 8.97. The molecule has 2 fully saturated rings. The number of halogens is 1. The van der Waals surface area contributed by atoms with Crippen molar-refractivity contribution in [1.29, 1.82) is 0 Å². The second kappa shape index (κ2) is 9.17. The Labute approximate surface area is 170 Å². The summed E-state index contributed by atoms with van der Waals surface area (Å²) in [5.41, 5.74) is 0.151. The molecule has 0 saturated carbocycles. The Balaban J connectivity index is 0.00000280. The third kappa shape index (κ3) is 5.19. The molecule has 0 bridgehead atoms. The number of hydrogen-bond acceptors (Lipinski definition) is 6. The van der Waals surface area contributed by atoms with Crippen molar-refractivity contribution in [2.75, 3.05) is 32.7 Å². The maximum Gasteiger partial charge on any atom is 0.269 e. The topological polar surface area (TPSA) is 122 Å². The Hall–Kier alpha value is -1.75. The van der Waals surface area contributed by atoms with Gasteiger partial charge < -0.3 is 10.2 Å². The highest BCUT2D eigenvalue weighted by molar-refractivity contribution is 7.89. The average Bonchev–Trinajstić information content (AvgIpc) is 3.10. The lowest BCUT2D eigenvalue weighted by molar-refractivity contribution is -0.384. The molecule has 1 amide bonds. The van der Waals surface area contributed by atoms with Crippen LogP contribution in [0.5, 0.6) is 0 Å². The number of benzene rings is 1. The fourth-order valence-corrected chi connectivity index (χ4v) is 4.77. The SMILES string of the molecule is Cl.O=C(CCNS(=O)(=O)c1ccc([N+](=O)[O-])cc1)N1CCC2(CCNC2)CC1. The van der Waals surface area contributed by atoms with Gasteiger partial charge >= 0.3 is 0 Å². The van der Waals surface area contributed by atoms with Crippen molar-refractivity contribution in [1.82, 2.24) is 14.9 Å². The number of nitro benzene ring substituents is 1. The van der Waals surface area contributed by atoms with Crippen LogP contribution >= 0.6 is 12.4 Å². The molecule has 0 radical (unpaired) electrons. The zero-order valence-corrected chi connectivity index (χ0v) is 17.1. The van der Waals surface area contributed by atoms with Crippen LogP contribution in [-0.2, 0) is 14.8 Å². The van der Waals surface area contributed by atoms with Crippen LogP contribution < -0.4 is 10.0 Å². The highest BCUT2D eigenvalue weighted by Crippen LogP contribution is 2.36. The van der Waals surface area contributed by atoms with Gasteiger partial charge in [0.25, 0.3) is 5.69 Å². The molecule has 156 valence electrons. The molecule has 1 aromatic carbocycles. The third-order valence-corrected chi connectivity index (χ3v) is 6.97. The second-order valence-electron chi connectivity index (χ2n) is 7.21. The van der Waals surface area contributed by atoms with Crippen molar-refractivity contribution < 1.29 is 18.1 Å². The molecule has 2 heterocycles. The summed E-state index contributed by atoms with van der Waals surface area (Å²) in [5.74, 6) is -0.0535. The van der Waals surface area contributed by atoms with Gasteiger partial charge in [0.2, 0.25) is 15.9 Å². The predicted molar refractivity (Wildman–Crippen MR) is 106 cm³/mol. The number of nitrogens with one attached hydrogen (secondary N) is 2. The van der Waals surface area contributed by atoms with Gasteiger partial charge in [-0.15, -0.1) is 12.4 Å². The van der Waals surface area contributed by atoms with E-state index in [4.69, 9.17) is 0 Å². The van der Waals surface area contributed by atoms with Gasteiger partial charge in [0.15, 0.2) is 0 Å². The maximum atomic E-state index is 12.3. The molecule has 1 spiro atoms. The number of carbonyl (C=O) groups excluding carboxylic acids is 1. The Morgan fingerprint density at radius 1 is 1.21 bits per heavy atom. The summed E-state index contributed by atoms with van der Waals surface area (Å²) in [4.78, 5) is 24.1. The first-order valence-electron chi connectivity index (χ1n) is 9.04. The van der Waals surface area contributed by atoms with Gasteiger partial charge in [-0.25, -0.2) is 13.1 Å². The van der Waals surface area contributed by atoms with Gasteiger partial charge in [-0.3, -0.25) is 14.9 Å². The van der Waals surface area contributed by atoms with E-state index in [0.29, 0.717) is 5.41 Å². The quantitative estimate of drug-likeness (QED) is 0.516. The molecule has 2 saturated heterocycles. The Bertz CT molecular complexity index is 799. The lowest BCUT2D eigenvalue weighted by Crippen LogP contribution is -2.44. The summed E-state index contributed by atoms with van der Waals surface area (Å²) in [6.07, 6.45) is 3.22. The first-order valence-corrected chi connectivity index (χ1v) is 10.5. The lowest BCUT2D eigenvalue weighted by Gasteiger charge is -2.39. The molecule has 0 atom stereocenters. The number of nitrogens with zero attached hydrogens (tertiary/aromatic N) is 2. The summed E-state index contributed by atoms with van der Waals surface area (Å²) in [5, 5.41) is 14.0. The molecule has 9 nitrogen and oxygen atoms in total. The molecule has 2 aliphatic heterocycles. The van der Waals surface area contributed by atoms with Crippen LogP contribution in [0.4, 0.5) is 5.69 Å². The van der Waals surface area contributed by atoms with E-state index in [2.05, 4.69) is 10.0 Å². The molecular formula is C17H25ClN4O5S. The van der Waals surface area contributed by atoms with Crippen LogP contribution in [0.15, 0.2) is 29.2 Å². The van der Waals surface area contributed by atoms with Crippen molar-refractivity contribution in [3.05, 3.63) is 34.4 Å². The first kappa shape index (κ1) is 22.5. The average molecular weight is 433 g/mol. The number of carbonyl (C=O) groups is 1. The summed E-state index contributed by atoms with van der Waals surface area (Å²) >= 11 is 0. The number of hydrogen-bond donors (Lipinski definition) is 2. The summed E-state index contributed by atoms with van der Waals surface area (Å²) in [6.45, 7) is 3.50. The number of sulfonamides is 1. The van der Waals surface area contributed by atoms with Gasteiger partial charge in [-0.1, -0.05) is 0 Å². The van der Waals surface area contributed by atoms with E-state index in [0.717, 1.165) is 57.6 Å². The summed E-state index contributed by atoms with van der Waals surface area (Å²) < 4.78 is 26.8. The van der Waals surface area contributed by atoms with Crippen LogP contribution in [0, 0.1) is 15.5 Å². The molecule has 0 aromatic heterocycles. The normalized spacial score (nSPS) is 18.6. The van der Waals surface area contributed by atoms with Crippen LogP contribution in [0.25, 0.3) is 0 Å². The largest absolute Gasteiger partial charge is 0.343 e. The van der Waals surface area contributed by atoms with E-state index in [-0.39, 0.29) is 41.9 Å². The van der Waals surface area contributed by atoms with E-state index < -0.39 is 14.9 Å². The minimum Gasteiger partial charge on any atom is -0.343 e. The van der Waals surface area contributed by atoms with Crippen molar-refractivity contribution >= 4 is 34.0 Å². The Morgan fingerprint density at radius 3 is 2.39 bits per heavy atom. The predicted octanol–water partition coefficient (Wildman–Crippen LogP) is 1.29. The standard InChI is InChI=1S/C17H24N4O5S.ClH/c22-16(20-11-7-17(8-12-20)6-10-18-13-17)5-9-19-27(25,26)15-3-1-14(2-4-15)21(23)24;/h1-4,18-19H,5-13H2;1H. The van der Waals surface area contributed by atoms with E-state index in [1.165, 1.54) is 12.1 Å². The van der Waals surface area contributed by atoms with Crippen LogP contribution in [-0.4, -0.2) is 56.9 Å². The maximum absolute atomic E-state index is 12.3. The molecule has 2 N–H and O–H groups in total. The number of nitro groups is 1. The van der Waals surface area contributed by atoms with Gasteiger partial charge in [-0.05, 0) is 43.4 Å². The number of piperidine rings is 1. The summed E-state index contributed by atoms with van der Waals surface area (Å²) in [7, 11) is -3.80. The highest BCUT2D eigenvalue weighted by atomic mass is 35.5. The van der Waals surface area contributed by atoms with Crippen molar-refractivity contribution in [2.24, 2.45) is 5.41 Å². The number of rotatable bonds is 6. The number of non-ortho nitro benzene ring substituents is 1. The molecule has 0 unspecified atom stereocenters. The number of likely N-dealkylation sites (tertiary alicyclic amines) is 1. The zero-order chi connectivity index (χ0) is 19.5. The van der Waals surface area contributed by atoms with E-state index in [9.17, 15) is 23.3 Å². The van der Waals surface area contributed by atoms with Gasteiger partial charge in [-0.2, -0.15) is 0 Å². The smallest absolute Gasteiger partial charge is 0.269 e. The van der Waals surface area contributed by atoms with Crippen molar-refractivity contribution in [3.8, 4) is 0 Å². The highest BCUT2D eigenvalue weighted by Gasteiger charge is 2.37. The molecular weight excluding hydrogens is 408 g/mol. The lowest BCUT2D eigenvalue weighted by atomic mass is 9.78. The molecule has 3 rings (SSSR count). The van der Waals surface area contributed by atoms with Gasteiger partial charge in [0.1, 0.15) is 0 Å². The number of amides is 1. The van der Waals surface area contributed by atoms with Crippen LogP contribution in [0.2, 0.25) is 0 Å².